The Morgan fingerprint density at radius 3 is 2.50 bits per heavy atom. The van der Waals surface area contributed by atoms with Gasteiger partial charge in [-0.1, -0.05) is 24.3 Å². The molecule has 0 aliphatic rings. The fourth-order valence-electron chi connectivity index (χ4n) is 2.25. The molecule has 0 aliphatic heterocycles. The number of anilines is 1. The summed E-state index contributed by atoms with van der Waals surface area (Å²) in [4.78, 5) is 12.0. The van der Waals surface area contributed by atoms with Crippen molar-refractivity contribution in [3.63, 3.8) is 0 Å². The highest BCUT2D eigenvalue weighted by Gasteiger charge is 2.10. The minimum atomic E-state index is -0.279. The van der Waals surface area contributed by atoms with Gasteiger partial charge < -0.3 is 10.6 Å². The Balaban J connectivity index is 1.90. The smallest absolute Gasteiger partial charge is 0.239 e. The fourth-order valence-corrected chi connectivity index (χ4v) is 2.25. The van der Waals surface area contributed by atoms with Gasteiger partial charge in [-0.3, -0.25) is 4.79 Å². The van der Waals surface area contributed by atoms with Crippen molar-refractivity contribution in [2.45, 2.75) is 26.8 Å². The molecule has 0 radical (unpaired) electrons. The Morgan fingerprint density at radius 1 is 1.14 bits per heavy atom. The van der Waals surface area contributed by atoms with Gasteiger partial charge in [0.25, 0.3) is 0 Å². The van der Waals surface area contributed by atoms with Crippen LogP contribution in [0.2, 0.25) is 0 Å². The molecular weight excluding hydrogens is 279 g/mol. The van der Waals surface area contributed by atoms with E-state index in [1.807, 2.05) is 39.0 Å². The van der Waals surface area contributed by atoms with Crippen molar-refractivity contribution in [2.24, 2.45) is 0 Å². The van der Waals surface area contributed by atoms with Crippen molar-refractivity contribution in [3.8, 4) is 0 Å². The van der Waals surface area contributed by atoms with Crippen LogP contribution in [-0.4, -0.2) is 12.5 Å². The highest BCUT2D eigenvalue weighted by atomic mass is 19.1. The lowest BCUT2D eigenvalue weighted by atomic mass is 10.1. The number of hydrogen-bond donors (Lipinski definition) is 2. The van der Waals surface area contributed by atoms with Gasteiger partial charge in [-0.05, 0) is 55.7 Å². The van der Waals surface area contributed by atoms with E-state index in [4.69, 9.17) is 0 Å². The van der Waals surface area contributed by atoms with Crippen LogP contribution in [0, 0.1) is 19.7 Å². The van der Waals surface area contributed by atoms with E-state index in [1.165, 1.54) is 17.7 Å². The van der Waals surface area contributed by atoms with Crippen molar-refractivity contribution in [1.82, 2.24) is 5.32 Å². The third kappa shape index (κ3) is 4.07. The molecule has 0 fully saturated rings. The van der Waals surface area contributed by atoms with Crippen LogP contribution >= 0.6 is 0 Å². The molecular formula is C18H21FN2O. The molecule has 0 aromatic heterocycles. The molecule has 0 unspecified atom stereocenters. The molecule has 3 nitrogen and oxygen atoms in total. The predicted molar refractivity (Wildman–Crippen MR) is 87.4 cm³/mol. The van der Waals surface area contributed by atoms with Crippen LogP contribution in [0.1, 0.15) is 29.7 Å². The van der Waals surface area contributed by atoms with Gasteiger partial charge in [0.2, 0.25) is 5.91 Å². The number of carbonyl (C=O) groups is 1. The first-order valence-corrected chi connectivity index (χ1v) is 7.32. The lowest BCUT2D eigenvalue weighted by Gasteiger charge is -2.16. The van der Waals surface area contributed by atoms with E-state index < -0.39 is 0 Å². The van der Waals surface area contributed by atoms with Crippen LogP contribution in [0.5, 0.6) is 0 Å². The molecule has 2 N–H and O–H groups in total. The third-order valence-electron chi connectivity index (χ3n) is 3.79. The second-order valence-electron chi connectivity index (χ2n) is 5.44. The summed E-state index contributed by atoms with van der Waals surface area (Å²) in [6, 6.07) is 11.9. The zero-order chi connectivity index (χ0) is 16.1. The van der Waals surface area contributed by atoms with Crippen LogP contribution < -0.4 is 10.6 Å². The van der Waals surface area contributed by atoms with Crippen LogP contribution in [-0.2, 0) is 4.79 Å². The Labute approximate surface area is 130 Å². The van der Waals surface area contributed by atoms with Crippen molar-refractivity contribution >= 4 is 11.6 Å². The second-order valence-corrected chi connectivity index (χ2v) is 5.44. The number of nitrogens with one attached hydrogen (secondary N) is 2. The second kappa shape index (κ2) is 7.07. The number of halogens is 1. The summed E-state index contributed by atoms with van der Waals surface area (Å²) < 4.78 is 12.9. The first-order chi connectivity index (χ1) is 10.5. The molecule has 2 rings (SSSR count). The average Bonchev–Trinajstić information content (AvgIpc) is 2.49. The topological polar surface area (TPSA) is 41.1 Å². The molecule has 0 bridgehead atoms. The minimum absolute atomic E-state index is 0.0993. The molecule has 0 heterocycles. The summed E-state index contributed by atoms with van der Waals surface area (Å²) in [5, 5.41) is 6.04. The zero-order valence-corrected chi connectivity index (χ0v) is 13.1. The monoisotopic (exact) mass is 300 g/mol. The molecule has 1 atom stereocenters. The van der Waals surface area contributed by atoms with Crippen molar-refractivity contribution in [1.29, 1.82) is 0 Å². The Bertz CT molecular complexity index is 653. The fraction of sp³-hybridized carbons (Fsp3) is 0.278. The quantitative estimate of drug-likeness (QED) is 0.883. The number of carbonyl (C=O) groups excluding carboxylic acids is 1. The minimum Gasteiger partial charge on any atom is -0.376 e. The number of amides is 1. The lowest BCUT2D eigenvalue weighted by Crippen LogP contribution is -2.32. The molecule has 2 aromatic carbocycles. The van der Waals surface area contributed by atoms with E-state index in [1.54, 1.807) is 12.1 Å². The summed E-state index contributed by atoms with van der Waals surface area (Å²) in [5.74, 6) is -0.378. The summed E-state index contributed by atoms with van der Waals surface area (Å²) in [6.45, 7) is 6.15. The van der Waals surface area contributed by atoms with Gasteiger partial charge >= 0.3 is 0 Å². The molecule has 0 saturated carbocycles. The molecule has 1 amide bonds. The normalized spacial score (nSPS) is 11.8. The molecule has 0 spiro atoms. The Morgan fingerprint density at radius 2 is 1.82 bits per heavy atom. The van der Waals surface area contributed by atoms with Gasteiger partial charge in [-0.2, -0.15) is 0 Å². The number of rotatable bonds is 5. The average molecular weight is 300 g/mol. The third-order valence-corrected chi connectivity index (χ3v) is 3.79. The van der Waals surface area contributed by atoms with Crippen LogP contribution in [0.4, 0.5) is 10.1 Å². The molecule has 0 saturated heterocycles. The van der Waals surface area contributed by atoms with E-state index in [9.17, 15) is 9.18 Å². The van der Waals surface area contributed by atoms with E-state index in [-0.39, 0.29) is 24.3 Å². The Kier molecular flexibility index (Phi) is 5.15. The maximum atomic E-state index is 12.9. The summed E-state index contributed by atoms with van der Waals surface area (Å²) in [6.07, 6.45) is 0. The standard InChI is InChI=1S/C18H21FN2O/c1-12-5-4-6-17(13(12)2)20-11-18(22)21-14(3)15-7-9-16(19)10-8-15/h4-10,14,20H,11H2,1-3H3,(H,21,22)/t14-/m1/s1. The van der Waals surface area contributed by atoms with Crippen LogP contribution in [0.3, 0.4) is 0 Å². The molecule has 2 aromatic rings. The number of benzene rings is 2. The van der Waals surface area contributed by atoms with Crippen LogP contribution in [0.25, 0.3) is 0 Å². The molecule has 4 heteroatoms. The highest BCUT2D eigenvalue weighted by Crippen LogP contribution is 2.17. The number of hydrogen-bond acceptors (Lipinski definition) is 2. The molecule has 116 valence electrons. The molecule has 22 heavy (non-hydrogen) atoms. The van der Waals surface area contributed by atoms with E-state index >= 15 is 0 Å². The van der Waals surface area contributed by atoms with Gasteiger partial charge in [0.05, 0.1) is 12.6 Å². The van der Waals surface area contributed by atoms with E-state index in [0.717, 1.165) is 16.8 Å². The molecule has 0 aliphatic carbocycles. The summed E-state index contributed by atoms with van der Waals surface area (Å²) >= 11 is 0. The lowest BCUT2D eigenvalue weighted by molar-refractivity contribution is -0.120. The van der Waals surface area contributed by atoms with E-state index in [2.05, 4.69) is 10.6 Å². The van der Waals surface area contributed by atoms with Crippen molar-refractivity contribution in [3.05, 3.63) is 65.0 Å². The van der Waals surface area contributed by atoms with E-state index in [0.29, 0.717) is 0 Å². The zero-order valence-electron chi connectivity index (χ0n) is 13.1. The SMILES string of the molecule is Cc1cccc(NCC(=O)N[C@H](C)c2ccc(F)cc2)c1C. The highest BCUT2D eigenvalue weighted by molar-refractivity contribution is 5.81. The van der Waals surface area contributed by atoms with Gasteiger partial charge in [0.15, 0.2) is 0 Å². The first-order valence-electron chi connectivity index (χ1n) is 7.32. The van der Waals surface area contributed by atoms with Gasteiger partial charge in [-0.15, -0.1) is 0 Å². The summed E-state index contributed by atoms with van der Waals surface area (Å²) in [5.41, 5.74) is 4.16. The number of aryl methyl sites for hydroxylation is 1. The Hall–Kier alpha value is -2.36. The predicted octanol–water partition coefficient (Wildman–Crippen LogP) is 3.73. The van der Waals surface area contributed by atoms with Crippen LogP contribution in [0.15, 0.2) is 42.5 Å². The first kappa shape index (κ1) is 16.0. The van der Waals surface area contributed by atoms with Crippen molar-refractivity contribution < 1.29 is 9.18 Å². The largest absolute Gasteiger partial charge is 0.376 e. The maximum Gasteiger partial charge on any atom is 0.239 e. The van der Waals surface area contributed by atoms with Gasteiger partial charge in [0.1, 0.15) is 5.82 Å². The summed E-state index contributed by atoms with van der Waals surface area (Å²) in [7, 11) is 0. The van der Waals surface area contributed by atoms with Gasteiger partial charge in [0, 0.05) is 5.69 Å². The maximum absolute atomic E-state index is 12.9. The van der Waals surface area contributed by atoms with Crippen molar-refractivity contribution in [2.75, 3.05) is 11.9 Å². The van der Waals surface area contributed by atoms with Gasteiger partial charge in [-0.25, -0.2) is 4.39 Å².